The smallest absolute Gasteiger partial charge is 0.241 e. The zero-order chi connectivity index (χ0) is 18.5. The van der Waals surface area contributed by atoms with E-state index in [1.165, 1.54) is 16.6 Å². The van der Waals surface area contributed by atoms with Crippen molar-refractivity contribution in [2.24, 2.45) is 0 Å². The summed E-state index contributed by atoms with van der Waals surface area (Å²) in [5.41, 5.74) is 2.46. The summed E-state index contributed by atoms with van der Waals surface area (Å²) < 4.78 is 12.8. The highest BCUT2D eigenvalue weighted by molar-refractivity contribution is 5.88. The van der Waals surface area contributed by atoms with Gasteiger partial charge in [-0.15, -0.1) is 0 Å². The third-order valence-corrected chi connectivity index (χ3v) is 5.11. The van der Waals surface area contributed by atoms with Gasteiger partial charge in [-0.3, -0.25) is 0 Å². The number of hydrogen-bond donors (Lipinski definition) is 1. The third-order valence-electron chi connectivity index (χ3n) is 5.11. The summed E-state index contributed by atoms with van der Waals surface area (Å²) >= 11 is 0. The van der Waals surface area contributed by atoms with Crippen LogP contribution in [0.5, 0.6) is 11.5 Å². The molecule has 3 aromatic rings. The fourth-order valence-corrected chi connectivity index (χ4v) is 3.68. The first-order valence-electron chi connectivity index (χ1n) is 10.0. The van der Waals surface area contributed by atoms with Crippen LogP contribution in [0.1, 0.15) is 38.2 Å². The lowest BCUT2D eigenvalue weighted by Crippen LogP contribution is -2.25. The van der Waals surface area contributed by atoms with Gasteiger partial charge in [0.05, 0.1) is 0 Å². The van der Waals surface area contributed by atoms with Crippen LogP contribution >= 0.6 is 0 Å². The third kappa shape index (κ3) is 4.02. The maximum atomic E-state index is 6.41. The molecule has 0 saturated heterocycles. The Morgan fingerprint density at radius 2 is 1.70 bits per heavy atom. The normalized spacial score (nSPS) is 14.3. The molecule has 3 nitrogen and oxygen atoms in total. The lowest BCUT2D eigenvalue weighted by Gasteiger charge is -2.25. The summed E-state index contributed by atoms with van der Waals surface area (Å²) in [5, 5.41) is 5.78. The average molecular weight is 361 g/mol. The van der Waals surface area contributed by atoms with Crippen LogP contribution < -0.4 is 14.8 Å². The summed E-state index contributed by atoms with van der Waals surface area (Å²) in [6.45, 7) is 3.23. The molecule has 0 bridgehead atoms. The van der Waals surface area contributed by atoms with E-state index in [1.54, 1.807) is 0 Å². The fourth-order valence-electron chi connectivity index (χ4n) is 3.68. The van der Waals surface area contributed by atoms with Crippen molar-refractivity contribution in [1.82, 2.24) is 0 Å². The maximum absolute atomic E-state index is 6.41. The van der Waals surface area contributed by atoms with Crippen molar-refractivity contribution < 1.29 is 9.47 Å². The second-order valence-electron chi connectivity index (χ2n) is 7.10. The Kier molecular flexibility index (Phi) is 5.47. The zero-order valence-corrected chi connectivity index (χ0v) is 15.9. The Morgan fingerprint density at radius 1 is 0.926 bits per heavy atom. The predicted octanol–water partition coefficient (Wildman–Crippen LogP) is 6.17. The number of anilines is 1. The highest BCUT2D eigenvalue weighted by Gasteiger charge is 2.19. The molecular weight excluding hydrogens is 334 g/mol. The Morgan fingerprint density at radius 3 is 2.63 bits per heavy atom. The maximum Gasteiger partial charge on any atom is 0.241 e. The Labute approximate surface area is 161 Å². The largest absolute Gasteiger partial charge is 0.455 e. The fraction of sp³-hybridized carbons (Fsp3) is 0.333. The number of fused-ring (bicyclic) bond motifs is 2. The van der Waals surface area contributed by atoms with E-state index < -0.39 is 0 Å². The van der Waals surface area contributed by atoms with Gasteiger partial charge >= 0.3 is 0 Å². The van der Waals surface area contributed by atoms with Crippen molar-refractivity contribution in [3.05, 3.63) is 66.2 Å². The molecule has 3 heteroatoms. The molecule has 1 N–H and O–H groups in total. The number of unbranched alkanes of at least 4 members (excludes halogenated alkanes) is 1. The number of rotatable bonds is 7. The molecule has 0 amide bonds. The van der Waals surface area contributed by atoms with Crippen LogP contribution in [0.15, 0.2) is 60.7 Å². The second kappa shape index (κ2) is 8.34. The minimum absolute atomic E-state index is 0.288. The summed E-state index contributed by atoms with van der Waals surface area (Å²) in [6, 6.07) is 20.8. The van der Waals surface area contributed by atoms with E-state index in [0.717, 1.165) is 55.5 Å². The molecule has 27 heavy (non-hydrogen) atoms. The van der Waals surface area contributed by atoms with Gasteiger partial charge in [0, 0.05) is 29.6 Å². The Balaban J connectivity index is 1.60. The van der Waals surface area contributed by atoms with Gasteiger partial charge in [-0.05, 0) is 42.8 Å². The highest BCUT2D eigenvalue weighted by atomic mass is 16.7. The van der Waals surface area contributed by atoms with Gasteiger partial charge in [0.15, 0.2) is 0 Å². The average Bonchev–Trinajstić information content (AvgIpc) is 2.72. The molecule has 1 heterocycles. The van der Waals surface area contributed by atoms with E-state index in [4.69, 9.17) is 9.47 Å². The topological polar surface area (TPSA) is 30.5 Å². The minimum atomic E-state index is -0.288. The molecule has 1 unspecified atom stereocenters. The van der Waals surface area contributed by atoms with E-state index in [0.29, 0.717) is 0 Å². The van der Waals surface area contributed by atoms with Crippen molar-refractivity contribution in [2.45, 2.75) is 45.3 Å². The molecule has 140 valence electrons. The van der Waals surface area contributed by atoms with Crippen LogP contribution in [-0.2, 0) is 6.42 Å². The Bertz CT molecular complexity index is 901. The van der Waals surface area contributed by atoms with Gasteiger partial charge < -0.3 is 14.8 Å². The summed E-state index contributed by atoms with van der Waals surface area (Å²) in [5.74, 6) is 1.83. The first-order chi connectivity index (χ1) is 13.3. The first kappa shape index (κ1) is 17.7. The van der Waals surface area contributed by atoms with Gasteiger partial charge in [0.2, 0.25) is 6.29 Å². The molecular formula is C24H27NO2. The number of benzene rings is 3. The van der Waals surface area contributed by atoms with Crippen molar-refractivity contribution in [3.8, 4) is 11.5 Å². The van der Waals surface area contributed by atoms with Crippen LogP contribution in [0, 0.1) is 0 Å². The predicted molar refractivity (Wildman–Crippen MR) is 112 cm³/mol. The zero-order valence-electron chi connectivity index (χ0n) is 15.9. The lowest BCUT2D eigenvalue weighted by atomic mass is 10.0. The van der Waals surface area contributed by atoms with Crippen LogP contribution in [-0.4, -0.2) is 12.8 Å². The highest BCUT2D eigenvalue weighted by Crippen LogP contribution is 2.33. The van der Waals surface area contributed by atoms with E-state index >= 15 is 0 Å². The van der Waals surface area contributed by atoms with Gasteiger partial charge in [-0.25, -0.2) is 0 Å². The molecule has 4 rings (SSSR count). The number of ether oxygens (including phenoxy) is 2. The van der Waals surface area contributed by atoms with Crippen LogP contribution in [0.4, 0.5) is 5.69 Å². The molecule has 1 aliphatic heterocycles. The van der Waals surface area contributed by atoms with Crippen LogP contribution in [0.25, 0.3) is 10.8 Å². The molecule has 0 fully saturated rings. The molecule has 0 radical (unpaired) electrons. The SMILES string of the molecule is CCCCC(Oc1cccc2c1CCCN2)Oc1cccc2ccccc12. The van der Waals surface area contributed by atoms with Crippen molar-refractivity contribution in [3.63, 3.8) is 0 Å². The summed E-state index contributed by atoms with van der Waals surface area (Å²) in [4.78, 5) is 0. The van der Waals surface area contributed by atoms with Gasteiger partial charge in [-0.1, -0.05) is 55.8 Å². The number of hydrogen-bond acceptors (Lipinski definition) is 3. The molecule has 0 spiro atoms. The quantitative estimate of drug-likeness (QED) is 0.510. The molecule has 3 aromatic carbocycles. The van der Waals surface area contributed by atoms with Crippen molar-refractivity contribution in [2.75, 3.05) is 11.9 Å². The van der Waals surface area contributed by atoms with E-state index in [1.807, 2.05) is 12.1 Å². The number of nitrogens with one attached hydrogen (secondary N) is 1. The Hall–Kier alpha value is -2.68. The summed E-state index contributed by atoms with van der Waals surface area (Å²) in [6.07, 6.45) is 4.96. The minimum Gasteiger partial charge on any atom is -0.455 e. The van der Waals surface area contributed by atoms with E-state index in [9.17, 15) is 0 Å². The van der Waals surface area contributed by atoms with Gasteiger partial charge in [0.1, 0.15) is 11.5 Å². The molecule has 1 aliphatic rings. The van der Waals surface area contributed by atoms with Gasteiger partial charge in [-0.2, -0.15) is 0 Å². The summed E-state index contributed by atoms with van der Waals surface area (Å²) in [7, 11) is 0. The molecule has 0 aromatic heterocycles. The molecule has 0 aliphatic carbocycles. The lowest BCUT2D eigenvalue weighted by molar-refractivity contribution is -0.00165. The van der Waals surface area contributed by atoms with Crippen molar-refractivity contribution in [1.29, 1.82) is 0 Å². The second-order valence-corrected chi connectivity index (χ2v) is 7.10. The monoisotopic (exact) mass is 361 g/mol. The van der Waals surface area contributed by atoms with E-state index in [2.05, 4.69) is 60.8 Å². The van der Waals surface area contributed by atoms with Crippen molar-refractivity contribution >= 4 is 16.5 Å². The standard InChI is InChI=1S/C24H27NO2/c1-2-3-16-24(26-22-14-6-10-18-9-4-5-11-19(18)22)27-23-15-7-13-21-20(23)12-8-17-25-21/h4-7,9-11,13-15,24-25H,2-3,8,12,16-17H2,1H3. The molecule has 0 saturated carbocycles. The van der Waals surface area contributed by atoms with E-state index in [-0.39, 0.29) is 6.29 Å². The van der Waals surface area contributed by atoms with Gasteiger partial charge in [0.25, 0.3) is 0 Å². The van der Waals surface area contributed by atoms with Crippen LogP contribution in [0.2, 0.25) is 0 Å². The molecule has 1 atom stereocenters. The van der Waals surface area contributed by atoms with Crippen LogP contribution in [0.3, 0.4) is 0 Å². The first-order valence-corrected chi connectivity index (χ1v) is 10.0.